The number of carbonyl (C=O) groups is 5. The number of alkyl carbamates (subject to hydrolysis) is 2. The van der Waals surface area contributed by atoms with Crippen molar-refractivity contribution in [2.75, 3.05) is 26.4 Å². The Labute approximate surface area is 569 Å². The van der Waals surface area contributed by atoms with Crippen molar-refractivity contribution in [3.63, 3.8) is 0 Å². The number of aliphatic hydroxyl groups is 2. The monoisotopic (exact) mass is 1320 g/mol. The number of H-pyrrole nitrogens is 1. The van der Waals surface area contributed by atoms with Gasteiger partial charge in [0.25, 0.3) is 5.56 Å². The van der Waals surface area contributed by atoms with Gasteiger partial charge in [-0.3, -0.25) is 19.2 Å². The summed E-state index contributed by atoms with van der Waals surface area (Å²) in [7, 11) is 0. The van der Waals surface area contributed by atoms with E-state index in [0.29, 0.717) is 68.6 Å². The summed E-state index contributed by atoms with van der Waals surface area (Å²) in [4.78, 5) is 84.5. The molecule has 94 heavy (non-hydrogen) atoms. The van der Waals surface area contributed by atoms with Crippen LogP contribution in [-0.4, -0.2) is 107 Å². The van der Waals surface area contributed by atoms with Crippen LogP contribution >= 0.6 is 0 Å². The number of ether oxygens (including phenoxy) is 5. The minimum Gasteiger partial charge on any atom is -0.462 e. The van der Waals surface area contributed by atoms with Crippen molar-refractivity contribution >= 4 is 30.1 Å². The molecular weight excluding hydrogens is 1190 g/mol. The second kappa shape index (κ2) is 54.0. The van der Waals surface area contributed by atoms with Gasteiger partial charge >= 0.3 is 30.1 Å². The van der Waals surface area contributed by atoms with E-state index in [1.807, 2.05) is 0 Å². The van der Waals surface area contributed by atoms with Crippen LogP contribution < -0.4 is 16.2 Å². The third-order valence-electron chi connectivity index (χ3n) is 17.9. The van der Waals surface area contributed by atoms with Crippen molar-refractivity contribution in [2.24, 2.45) is 10.8 Å². The first-order valence-corrected chi connectivity index (χ1v) is 37.5. The molecule has 1 saturated carbocycles. The van der Waals surface area contributed by atoms with Crippen molar-refractivity contribution in [3.8, 4) is 0 Å². The van der Waals surface area contributed by atoms with Crippen LogP contribution in [0, 0.1) is 24.7 Å². The Morgan fingerprint density at radius 3 is 1.50 bits per heavy atom. The lowest BCUT2D eigenvalue weighted by molar-refractivity contribution is -0.167. The fraction of sp³-hybridized carbons (Fsp3) is 0.805. The second-order valence-electron chi connectivity index (χ2n) is 28.3. The Morgan fingerprint density at radius 1 is 0.543 bits per heavy atom. The molecule has 2 amide bonds. The molecule has 1 fully saturated rings. The molecule has 17 nitrogen and oxygen atoms in total. The number of nitrogens with zero attached hydrogens (tertiary/aromatic N) is 1. The molecule has 540 valence electrons. The van der Waals surface area contributed by atoms with Crippen molar-refractivity contribution in [2.45, 2.75) is 362 Å². The number of aromatic amines is 1. The predicted molar refractivity (Wildman–Crippen MR) is 379 cm³/mol. The number of hydrogen-bond acceptors (Lipinski definition) is 14. The van der Waals surface area contributed by atoms with E-state index in [-0.39, 0.29) is 98.2 Å². The number of aryl methyl sites for hydroxylation is 2. The first-order chi connectivity index (χ1) is 45.3. The first kappa shape index (κ1) is 85.1. The number of nitrogens with one attached hydrogen (secondary N) is 3. The Morgan fingerprint density at radius 2 is 1.00 bits per heavy atom. The van der Waals surface area contributed by atoms with E-state index < -0.39 is 24.3 Å². The van der Waals surface area contributed by atoms with Crippen LogP contribution in [0.5, 0.6) is 0 Å². The average molecular weight is 1320 g/mol. The number of aromatic nitrogens is 2. The van der Waals surface area contributed by atoms with E-state index >= 15 is 0 Å². The maximum Gasteiger partial charge on any atom is 0.407 e. The van der Waals surface area contributed by atoms with E-state index in [1.54, 1.807) is 13.8 Å². The zero-order chi connectivity index (χ0) is 68.9. The van der Waals surface area contributed by atoms with Crippen LogP contribution in [0.1, 0.15) is 328 Å². The summed E-state index contributed by atoms with van der Waals surface area (Å²) in [5.41, 5.74) is 0.503. The maximum absolute atomic E-state index is 13.5. The Kier molecular flexibility index (Phi) is 48.9. The third-order valence-corrected chi connectivity index (χ3v) is 17.9. The van der Waals surface area contributed by atoms with Gasteiger partial charge in [0.15, 0.2) is 6.10 Å². The molecule has 17 heteroatoms. The van der Waals surface area contributed by atoms with Crippen LogP contribution in [0.3, 0.4) is 0 Å². The summed E-state index contributed by atoms with van der Waals surface area (Å²) >= 11 is 0. The number of amides is 2. The van der Waals surface area contributed by atoms with Crippen molar-refractivity contribution in [1.29, 1.82) is 0 Å². The number of allylic oxidation sites excluding steroid dienone is 3. The van der Waals surface area contributed by atoms with Gasteiger partial charge in [-0.2, -0.15) is 0 Å². The zero-order valence-corrected chi connectivity index (χ0v) is 60.4. The third kappa shape index (κ3) is 46.2. The van der Waals surface area contributed by atoms with E-state index in [0.717, 1.165) is 167 Å². The molecule has 1 aromatic heterocycles. The van der Waals surface area contributed by atoms with E-state index in [2.05, 4.69) is 98.6 Å². The van der Waals surface area contributed by atoms with Crippen molar-refractivity contribution in [3.05, 3.63) is 63.9 Å². The molecule has 0 saturated heterocycles. The van der Waals surface area contributed by atoms with Gasteiger partial charge in [-0.15, -0.1) is 0 Å². The van der Waals surface area contributed by atoms with E-state index in [1.165, 1.54) is 38.5 Å². The van der Waals surface area contributed by atoms with Gasteiger partial charge in [0.05, 0.1) is 18.8 Å². The van der Waals surface area contributed by atoms with Crippen LogP contribution in [0.4, 0.5) is 9.59 Å². The van der Waals surface area contributed by atoms with E-state index in [9.17, 15) is 39.0 Å². The normalized spacial score (nSPS) is 16.9. The molecule has 5 N–H and O–H groups in total. The molecule has 0 spiro atoms. The maximum atomic E-state index is 13.5. The number of rotatable bonds is 57. The molecule has 1 aliphatic rings. The highest BCUT2D eigenvalue weighted by atomic mass is 16.6. The van der Waals surface area contributed by atoms with E-state index in [4.69, 9.17) is 23.7 Å². The van der Waals surface area contributed by atoms with Gasteiger partial charge in [-0.05, 0) is 140 Å². The minimum absolute atomic E-state index is 0.0521. The van der Waals surface area contributed by atoms with Crippen molar-refractivity contribution in [1.82, 2.24) is 20.6 Å². The Balaban J connectivity index is 1.77. The largest absolute Gasteiger partial charge is 0.462 e. The summed E-state index contributed by atoms with van der Waals surface area (Å²) in [6.07, 6.45) is 48.7. The predicted octanol–water partition coefficient (Wildman–Crippen LogP) is 18.0. The van der Waals surface area contributed by atoms with Crippen molar-refractivity contribution < 1.29 is 57.9 Å². The Bertz CT molecular complexity index is 2320. The van der Waals surface area contributed by atoms with Gasteiger partial charge in [-0.1, -0.05) is 206 Å². The standard InChI is InChI=1S/C77H134N4O13/c1-9-12-15-36-45-65(82)47-38-30-24-18-21-27-33-42-51-70(84)91-58-68(93-72(86)53-44-35-29-22-19-25-31-39-48-66(83)46-37-16-13-10-2)59-92-71(85)52-43-34-28-23-20-26-32-41-50-67(49-40-17-14-11-3)94-75(89)81-64-56-76(6,7)60-77(8,57-64)61-78-74(88)90-55-54-69-62(4)79-63(5)80-73(69)87/h30-32,38-39,41,64-68,82-83H,9-29,33-37,40,42-61H2,1-8H3,(H,78,88)(H,81,89)(H,79,80,87). The molecule has 0 radical (unpaired) electrons. The number of unbranched alkanes of at least 4 members (excludes halogenated alkanes) is 24. The second-order valence-corrected chi connectivity index (χ2v) is 28.3. The summed E-state index contributed by atoms with van der Waals surface area (Å²) in [6.45, 7) is 16.7. The lowest BCUT2D eigenvalue weighted by Gasteiger charge is -2.46. The number of esters is 3. The fourth-order valence-electron chi connectivity index (χ4n) is 12.9. The molecule has 6 atom stereocenters. The number of hydrogen-bond donors (Lipinski definition) is 5. The highest BCUT2D eigenvalue weighted by Gasteiger charge is 2.42. The molecule has 0 aromatic carbocycles. The smallest absolute Gasteiger partial charge is 0.407 e. The molecule has 6 unspecified atom stereocenters. The minimum atomic E-state index is -0.882. The Hall–Kier alpha value is -5.03. The molecule has 0 bridgehead atoms. The first-order valence-electron chi connectivity index (χ1n) is 37.5. The van der Waals surface area contributed by atoms with Crippen LogP contribution in [0.25, 0.3) is 0 Å². The zero-order valence-electron chi connectivity index (χ0n) is 60.4. The lowest BCUT2D eigenvalue weighted by atomic mass is 9.62. The highest BCUT2D eigenvalue weighted by Crippen LogP contribution is 2.46. The van der Waals surface area contributed by atoms with Gasteiger partial charge in [0.2, 0.25) is 0 Å². The topological polar surface area (TPSA) is 242 Å². The fourth-order valence-corrected chi connectivity index (χ4v) is 12.9. The summed E-state index contributed by atoms with van der Waals surface area (Å²) in [5, 5.41) is 26.5. The van der Waals surface area contributed by atoms with Crippen LogP contribution in [0.15, 0.2) is 41.3 Å². The SMILES string of the molecule is CCCCCCC(O)CC=CCCCCCCCC(=O)OCC(COC(=O)CCCCCCCC=CCC(CCCCCC)OC(=O)NC1CC(C)(C)CC(C)(CNC(=O)OCCc2c(C)nc(C)[nH]c2=O)C1)OC(=O)CCCCCCCC=CCC(O)CCCCCC. The molecule has 1 aromatic rings. The summed E-state index contributed by atoms with van der Waals surface area (Å²) in [6, 6.07) is -0.132. The van der Waals surface area contributed by atoms with Gasteiger partial charge in [-0.25, -0.2) is 14.6 Å². The van der Waals surface area contributed by atoms with Crippen LogP contribution in [-0.2, 0) is 44.5 Å². The quantitative estimate of drug-likeness (QED) is 0.0176. The number of carbonyl (C=O) groups excluding carboxylic acids is 5. The molecule has 1 aliphatic carbocycles. The van der Waals surface area contributed by atoms with Gasteiger partial charge in [0, 0.05) is 55.9 Å². The summed E-state index contributed by atoms with van der Waals surface area (Å²) in [5.74, 6) is -0.584. The number of aliphatic hydroxyl groups excluding tert-OH is 2. The van der Waals surface area contributed by atoms with Gasteiger partial charge in [0.1, 0.15) is 25.1 Å². The molecule has 1 heterocycles. The van der Waals surface area contributed by atoms with Crippen LogP contribution in [0.2, 0.25) is 0 Å². The highest BCUT2D eigenvalue weighted by molar-refractivity contribution is 5.71. The van der Waals surface area contributed by atoms with Gasteiger partial charge < -0.3 is 49.5 Å². The lowest BCUT2D eigenvalue weighted by Crippen LogP contribution is -2.50. The molecular formula is C77H134N4O13. The molecule has 0 aliphatic heterocycles. The molecule has 2 rings (SSSR count). The summed E-state index contributed by atoms with van der Waals surface area (Å²) < 4.78 is 28.5. The average Bonchev–Trinajstić information content (AvgIpc) is 0.836.